The van der Waals surface area contributed by atoms with Crippen LogP contribution in [0.4, 0.5) is 0 Å². The Bertz CT molecular complexity index is 299. The van der Waals surface area contributed by atoms with Gasteiger partial charge in [0.2, 0.25) is 0 Å². The van der Waals surface area contributed by atoms with Gasteiger partial charge in [-0.2, -0.15) is 0 Å². The van der Waals surface area contributed by atoms with Crippen LogP contribution in [-0.4, -0.2) is 26.8 Å². The number of benzene rings is 1. The van der Waals surface area contributed by atoms with E-state index < -0.39 is 0 Å². The van der Waals surface area contributed by atoms with Crippen molar-refractivity contribution in [1.82, 2.24) is 5.32 Å². The average molecular weight is 219 g/mol. The average Bonchev–Trinajstić information content (AvgIpc) is 3.10. The third-order valence-corrected chi connectivity index (χ3v) is 3.33. The van der Waals surface area contributed by atoms with Crippen LogP contribution in [0.25, 0.3) is 0 Å². The second kappa shape index (κ2) is 6.02. The summed E-state index contributed by atoms with van der Waals surface area (Å²) in [5, 5.41) is 3.40. The first-order valence-corrected chi connectivity index (χ1v) is 6.16. The van der Waals surface area contributed by atoms with Crippen molar-refractivity contribution in [2.24, 2.45) is 5.92 Å². The molecule has 1 N–H and O–H groups in total. The zero-order chi connectivity index (χ0) is 11.2. The van der Waals surface area contributed by atoms with Gasteiger partial charge in [-0.05, 0) is 36.8 Å². The van der Waals surface area contributed by atoms with Crippen molar-refractivity contribution in [2.45, 2.75) is 18.8 Å². The molecule has 2 rings (SSSR count). The second-order valence-corrected chi connectivity index (χ2v) is 4.54. The Labute approximate surface area is 98.0 Å². The Kier molecular flexibility index (Phi) is 4.37. The van der Waals surface area contributed by atoms with Crippen molar-refractivity contribution < 1.29 is 4.74 Å². The van der Waals surface area contributed by atoms with Gasteiger partial charge in [0.1, 0.15) is 0 Å². The van der Waals surface area contributed by atoms with E-state index in [1.807, 2.05) is 0 Å². The fraction of sp³-hybridized carbons (Fsp3) is 0.571. The van der Waals surface area contributed by atoms with Crippen LogP contribution < -0.4 is 5.32 Å². The zero-order valence-electron chi connectivity index (χ0n) is 9.99. The summed E-state index contributed by atoms with van der Waals surface area (Å²) in [6.07, 6.45) is 2.67. The zero-order valence-corrected chi connectivity index (χ0v) is 9.99. The van der Waals surface area contributed by atoms with Crippen LogP contribution in [0.1, 0.15) is 24.3 Å². The van der Waals surface area contributed by atoms with E-state index >= 15 is 0 Å². The molecule has 2 nitrogen and oxygen atoms in total. The summed E-state index contributed by atoms with van der Waals surface area (Å²) >= 11 is 0. The molecule has 1 saturated carbocycles. The molecular formula is C14H21NO. The maximum absolute atomic E-state index is 4.99. The standard InChI is InChI=1S/C14H21NO/c1-16-10-9-15-8-7-13-11-14(13)12-5-3-2-4-6-12/h2-6,13-15H,7-11H2,1H3. The molecule has 0 aromatic heterocycles. The Balaban J connectivity index is 1.61. The first-order valence-electron chi connectivity index (χ1n) is 6.16. The van der Waals surface area contributed by atoms with Crippen LogP contribution in [0, 0.1) is 5.92 Å². The lowest BCUT2D eigenvalue weighted by atomic mass is 10.1. The van der Waals surface area contributed by atoms with E-state index in [1.165, 1.54) is 18.4 Å². The molecule has 1 aromatic carbocycles. The van der Waals surface area contributed by atoms with Crippen molar-refractivity contribution in [3.63, 3.8) is 0 Å². The normalized spacial score (nSPS) is 23.3. The molecule has 1 aliphatic carbocycles. The Morgan fingerprint density at radius 3 is 2.81 bits per heavy atom. The molecule has 2 heteroatoms. The highest BCUT2D eigenvalue weighted by molar-refractivity contribution is 5.25. The van der Waals surface area contributed by atoms with Gasteiger partial charge in [-0.25, -0.2) is 0 Å². The van der Waals surface area contributed by atoms with Gasteiger partial charge in [0.15, 0.2) is 0 Å². The largest absolute Gasteiger partial charge is 0.383 e. The van der Waals surface area contributed by atoms with E-state index in [0.717, 1.165) is 31.5 Å². The van der Waals surface area contributed by atoms with Gasteiger partial charge in [0.25, 0.3) is 0 Å². The van der Waals surface area contributed by atoms with Gasteiger partial charge < -0.3 is 10.1 Å². The van der Waals surface area contributed by atoms with Crippen molar-refractivity contribution in [3.05, 3.63) is 35.9 Å². The first kappa shape index (κ1) is 11.6. The number of hydrogen-bond donors (Lipinski definition) is 1. The molecule has 2 unspecified atom stereocenters. The van der Waals surface area contributed by atoms with Crippen LogP contribution in [0.5, 0.6) is 0 Å². The molecule has 1 aromatic rings. The van der Waals surface area contributed by atoms with E-state index in [4.69, 9.17) is 4.74 Å². The SMILES string of the molecule is COCCNCCC1CC1c1ccccc1. The quantitative estimate of drug-likeness (QED) is 0.711. The highest BCUT2D eigenvalue weighted by Crippen LogP contribution is 2.49. The number of nitrogens with one attached hydrogen (secondary N) is 1. The molecular weight excluding hydrogens is 198 g/mol. The lowest BCUT2D eigenvalue weighted by Gasteiger charge is -2.03. The molecule has 0 amide bonds. The van der Waals surface area contributed by atoms with Crippen LogP contribution in [0.3, 0.4) is 0 Å². The summed E-state index contributed by atoms with van der Waals surface area (Å²) in [6.45, 7) is 2.91. The third-order valence-electron chi connectivity index (χ3n) is 3.33. The molecule has 1 aliphatic rings. The number of methoxy groups -OCH3 is 1. The third kappa shape index (κ3) is 3.32. The van der Waals surface area contributed by atoms with Crippen LogP contribution >= 0.6 is 0 Å². The fourth-order valence-electron chi connectivity index (χ4n) is 2.26. The van der Waals surface area contributed by atoms with Crippen LogP contribution in [-0.2, 0) is 4.74 Å². The lowest BCUT2D eigenvalue weighted by molar-refractivity contribution is 0.199. The van der Waals surface area contributed by atoms with E-state index in [0.29, 0.717) is 0 Å². The Hall–Kier alpha value is -0.860. The minimum Gasteiger partial charge on any atom is -0.383 e. The van der Waals surface area contributed by atoms with Gasteiger partial charge in [-0.1, -0.05) is 30.3 Å². The van der Waals surface area contributed by atoms with Gasteiger partial charge >= 0.3 is 0 Å². The van der Waals surface area contributed by atoms with E-state index in [2.05, 4.69) is 35.6 Å². The molecule has 0 saturated heterocycles. The molecule has 0 aliphatic heterocycles. The van der Waals surface area contributed by atoms with Crippen molar-refractivity contribution >= 4 is 0 Å². The van der Waals surface area contributed by atoms with Crippen molar-refractivity contribution in [1.29, 1.82) is 0 Å². The summed E-state index contributed by atoms with van der Waals surface area (Å²) < 4.78 is 4.99. The molecule has 16 heavy (non-hydrogen) atoms. The number of ether oxygens (including phenoxy) is 1. The minimum atomic E-state index is 0.812. The van der Waals surface area contributed by atoms with Crippen LogP contribution in [0.15, 0.2) is 30.3 Å². The smallest absolute Gasteiger partial charge is 0.0587 e. The molecule has 0 heterocycles. The highest BCUT2D eigenvalue weighted by atomic mass is 16.5. The van der Waals surface area contributed by atoms with Crippen molar-refractivity contribution in [2.75, 3.05) is 26.8 Å². The summed E-state index contributed by atoms with van der Waals surface area (Å²) in [4.78, 5) is 0. The highest BCUT2D eigenvalue weighted by Gasteiger charge is 2.37. The Morgan fingerprint density at radius 1 is 1.25 bits per heavy atom. The molecule has 0 bridgehead atoms. The molecule has 88 valence electrons. The number of hydrogen-bond acceptors (Lipinski definition) is 2. The van der Waals surface area contributed by atoms with Gasteiger partial charge in [-0.3, -0.25) is 0 Å². The van der Waals surface area contributed by atoms with Gasteiger partial charge in [0.05, 0.1) is 6.61 Å². The monoisotopic (exact) mass is 219 g/mol. The molecule has 1 fully saturated rings. The summed E-state index contributed by atoms with van der Waals surface area (Å²) in [5.41, 5.74) is 1.52. The van der Waals surface area contributed by atoms with E-state index in [-0.39, 0.29) is 0 Å². The second-order valence-electron chi connectivity index (χ2n) is 4.54. The summed E-state index contributed by atoms with van der Waals surface area (Å²) in [5.74, 6) is 1.72. The van der Waals surface area contributed by atoms with Gasteiger partial charge in [-0.15, -0.1) is 0 Å². The maximum atomic E-state index is 4.99. The topological polar surface area (TPSA) is 21.3 Å². The number of rotatable bonds is 7. The predicted octanol–water partition coefficient (Wildman–Crippen LogP) is 2.42. The van der Waals surface area contributed by atoms with Gasteiger partial charge in [0, 0.05) is 13.7 Å². The lowest BCUT2D eigenvalue weighted by Crippen LogP contribution is -2.20. The first-order chi connectivity index (χ1) is 7.92. The van der Waals surface area contributed by atoms with Crippen LogP contribution in [0.2, 0.25) is 0 Å². The fourth-order valence-corrected chi connectivity index (χ4v) is 2.26. The Morgan fingerprint density at radius 2 is 2.06 bits per heavy atom. The predicted molar refractivity (Wildman–Crippen MR) is 66.7 cm³/mol. The summed E-state index contributed by atoms with van der Waals surface area (Å²) in [7, 11) is 1.74. The maximum Gasteiger partial charge on any atom is 0.0587 e. The minimum absolute atomic E-state index is 0.812. The molecule has 0 radical (unpaired) electrons. The molecule has 0 spiro atoms. The van der Waals surface area contributed by atoms with E-state index in [1.54, 1.807) is 7.11 Å². The van der Waals surface area contributed by atoms with E-state index in [9.17, 15) is 0 Å². The van der Waals surface area contributed by atoms with Crippen molar-refractivity contribution in [3.8, 4) is 0 Å². The summed E-state index contributed by atoms with van der Waals surface area (Å²) in [6, 6.07) is 10.9. The molecule has 2 atom stereocenters.